The molecule has 0 amide bonds. The monoisotopic (exact) mass is 271 g/mol. The summed E-state index contributed by atoms with van der Waals surface area (Å²) < 4.78 is 0. The van der Waals surface area contributed by atoms with E-state index in [0.717, 1.165) is 12.0 Å². The number of nitrogens with zero attached hydrogens (tertiary/aromatic N) is 1. The second kappa shape index (κ2) is 4.49. The van der Waals surface area contributed by atoms with Crippen LogP contribution in [0.2, 0.25) is 0 Å². The average molecular weight is 271 g/mol. The molecular weight excluding hydrogens is 246 g/mol. The molecule has 1 saturated carbocycles. The third-order valence-electron chi connectivity index (χ3n) is 6.34. The summed E-state index contributed by atoms with van der Waals surface area (Å²) in [6.45, 7) is 4.74. The first-order chi connectivity index (χ1) is 9.74. The molecule has 2 heteroatoms. The second-order valence-corrected chi connectivity index (χ2v) is 7.00. The summed E-state index contributed by atoms with van der Waals surface area (Å²) in [5, 5.41) is 9.96. The van der Waals surface area contributed by atoms with Crippen molar-refractivity contribution < 1.29 is 5.11 Å². The quantitative estimate of drug-likeness (QED) is 0.845. The summed E-state index contributed by atoms with van der Waals surface area (Å²) in [5.41, 5.74) is 3.37. The predicted molar refractivity (Wildman–Crippen MR) is 81.1 cm³/mol. The molecular formula is C18H25NO. The number of piperidine rings is 1. The zero-order valence-electron chi connectivity index (χ0n) is 12.4. The van der Waals surface area contributed by atoms with Gasteiger partial charge < -0.3 is 5.11 Å². The minimum absolute atomic E-state index is 0.376. The topological polar surface area (TPSA) is 23.5 Å². The van der Waals surface area contributed by atoms with Crippen LogP contribution in [0, 0.1) is 5.92 Å². The lowest BCUT2D eigenvalue weighted by atomic mass is 9.52. The fourth-order valence-electron chi connectivity index (χ4n) is 5.47. The molecule has 1 aromatic rings. The van der Waals surface area contributed by atoms with Crippen molar-refractivity contribution in [3.63, 3.8) is 0 Å². The van der Waals surface area contributed by atoms with Gasteiger partial charge in [0, 0.05) is 11.5 Å². The zero-order valence-corrected chi connectivity index (χ0v) is 12.4. The number of likely N-dealkylation sites (N-methyl/N-ethyl adjacent to an activating group) is 1. The SMILES string of the molecule is CCN1CC[C@]23CCCCC2[C@H]1Cc1ccc(O)cc13. The summed E-state index contributed by atoms with van der Waals surface area (Å²) in [7, 11) is 0. The lowest BCUT2D eigenvalue weighted by Crippen LogP contribution is -2.60. The highest BCUT2D eigenvalue weighted by Crippen LogP contribution is 2.56. The fraction of sp³-hybridized carbons (Fsp3) is 0.667. The van der Waals surface area contributed by atoms with Gasteiger partial charge in [0.05, 0.1) is 0 Å². The molecule has 2 nitrogen and oxygen atoms in total. The maximum Gasteiger partial charge on any atom is 0.115 e. The Morgan fingerprint density at radius 3 is 3.05 bits per heavy atom. The number of likely N-dealkylation sites (tertiary alicyclic amines) is 1. The standard InChI is InChI=1S/C18H25NO/c1-2-19-10-9-18-8-4-3-5-15(18)17(19)11-13-6-7-14(20)12-16(13)18/h6-7,12,15,17,20H,2-5,8-11H2,1H3/t15?,17-,18-/m1/s1. The van der Waals surface area contributed by atoms with Gasteiger partial charge >= 0.3 is 0 Å². The van der Waals surface area contributed by atoms with Crippen molar-refractivity contribution >= 4 is 0 Å². The van der Waals surface area contributed by atoms with E-state index >= 15 is 0 Å². The van der Waals surface area contributed by atoms with Gasteiger partial charge in [0.15, 0.2) is 0 Å². The molecule has 1 saturated heterocycles. The molecule has 1 N–H and O–H groups in total. The third kappa shape index (κ3) is 1.60. The van der Waals surface area contributed by atoms with Crippen molar-refractivity contribution in [1.29, 1.82) is 0 Å². The van der Waals surface area contributed by atoms with Crippen LogP contribution in [0.15, 0.2) is 18.2 Å². The van der Waals surface area contributed by atoms with E-state index in [1.54, 1.807) is 0 Å². The van der Waals surface area contributed by atoms with Crippen LogP contribution in [0.1, 0.15) is 50.2 Å². The first kappa shape index (κ1) is 12.7. The highest BCUT2D eigenvalue weighted by molar-refractivity contribution is 5.45. The summed E-state index contributed by atoms with van der Waals surface area (Å²) in [6.07, 6.45) is 7.96. The Morgan fingerprint density at radius 2 is 2.20 bits per heavy atom. The van der Waals surface area contributed by atoms with E-state index < -0.39 is 0 Å². The second-order valence-electron chi connectivity index (χ2n) is 7.00. The minimum atomic E-state index is 0.376. The van der Waals surface area contributed by atoms with Crippen LogP contribution in [0.5, 0.6) is 5.75 Å². The maximum atomic E-state index is 9.96. The number of hydrogen-bond acceptors (Lipinski definition) is 2. The molecule has 20 heavy (non-hydrogen) atoms. The predicted octanol–water partition coefficient (Wildman–Crippen LogP) is 3.47. The van der Waals surface area contributed by atoms with Gasteiger partial charge in [0.25, 0.3) is 0 Å². The van der Waals surface area contributed by atoms with Crippen molar-refractivity contribution in [3.05, 3.63) is 29.3 Å². The number of rotatable bonds is 1. The molecule has 3 aliphatic rings. The van der Waals surface area contributed by atoms with Crippen LogP contribution >= 0.6 is 0 Å². The normalized spacial score (nSPS) is 36.2. The first-order valence-electron chi connectivity index (χ1n) is 8.31. The number of aromatic hydroxyl groups is 1. The Balaban J connectivity index is 1.87. The van der Waals surface area contributed by atoms with Gasteiger partial charge in [-0.3, -0.25) is 4.90 Å². The largest absolute Gasteiger partial charge is 0.508 e. The molecule has 0 spiro atoms. The van der Waals surface area contributed by atoms with Gasteiger partial charge in [0.2, 0.25) is 0 Å². The van der Waals surface area contributed by atoms with Crippen LogP contribution in [0.4, 0.5) is 0 Å². The molecule has 0 aromatic heterocycles. The molecule has 0 radical (unpaired) electrons. The van der Waals surface area contributed by atoms with Crippen LogP contribution in [0.3, 0.4) is 0 Å². The van der Waals surface area contributed by atoms with Gasteiger partial charge in [-0.1, -0.05) is 25.8 Å². The zero-order chi connectivity index (χ0) is 13.7. The van der Waals surface area contributed by atoms with E-state index in [1.165, 1.54) is 62.7 Å². The lowest BCUT2D eigenvalue weighted by molar-refractivity contribution is -0.00847. The summed E-state index contributed by atoms with van der Waals surface area (Å²) >= 11 is 0. The molecule has 1 aromatic carbocycles. The Bertz CT molecular complexity index is 526. The summed E-state index contributed by atoms with van der Waals surface area (Å²) in [4.78, 5) is 2.71. The molecule has 2 fully saturated rings. The van der Waals surface area contributed by atoms with Crippen LogP contribution in [-0.2, 0) is 11.8 Å². The molecule has 3 atom stereocenters. The van der Waals surface area contributed by atoms with E-state index in [1.807, 2.05) is 6.07 Å². The Morgan fingerprint density at radius 1 is 1.30 bits per heavy atom. The van der Waals surface area contributed by atoms with Crippen LogP contribution in [0.25, 0.3) is 0 Å². The molecule has 2 bridgehead atoms. The highest BCUT2D eigenvalue weighted by atomic mass is 16.3. The van der Waals surface area contributed by atoms with Gasteiger partial charge in [-0.15, -0.1) is 0 Å². The number of hydrogen-bond donors (Lipinski definition) is 1. The number of benzene rings is 1. The van der Waals surface area contributed by atoms with Crippen molar-refractivity contribution in [3.8, 4) is 5.75 Å². The molecule has 108 valence electrons. The van der Waals surface area contributed by atoms with Crippen molar-refractivity contribution in [2.45, 2.75) is 56.9 Å². The van der Waals surface area contributed by atoms with E-state index in [0.29, 0.717) is 11.2 Å². The number of fused-ring (bicyclic) bond motifs is 1. The maximum absolute atomic E-state index is 9.96. The third-order valence-corrected chi connectivity index (χ3v) is 6.34. The average Bonchev–Trinajstić information content (AvgIpc) is 2.48. The van der Waals surface area contributed by atoms with E-state index in [-0.39, 0.29) is 0 Å². The Hall–Kier alpha value is -1.02. The molecule has 4 rings (SSSR count). The Kier molecular flexibility index (Phi) is 2.85. The molecule has 1 heterocycles. The van der Waals surface area contributed by atoms with Crippen molar-refractivity contribution in [2.24, 2.45) is 5.92 Å². The smallest absolute Gasteiger partial charge is 0.115 e. The van der Waals surface area contributed by atoms with E-state index in [9.17, 15) is 5.11 Å². The lowest BCUT2D eigenvalue weighted by Gasteiger charge is -2.59. The van der Waals surface area contributed by atoms with E-state index in [2.05, 4.69) is 24.0 Å². The Labute approximate surface area is 121 Å². The summed E-state index contributed by atoms with van der Waals surface area (Å²) in [5.74, 6) is 1.28. The fourth-order valence-corrected chi connectivity index (χ4v) is 5.47. The van der Waals surface area contributed by atoms with Gasteiger partial charge in [-0.25, -0.2) is 0 Å². The van der Waals surface area contributed by atoms with Gasteiger partial charge in [-0.2, -0.15) is 0 Å². The van der Waals surface area contributed by atoms with Crippen molar-refractivity contribution in [2.75, 3.05) is 13.1 Å². The first-order valence-corrected chi connectivity index (χ1v) is 8.31. The number of phenols is 1. The van der Waals surface area contributed by atoms with Crippen molar-refractivity contribution in [1.82, 2.24) is 4.90 Å². The highest BCUT2D eigenvalue weighted by Gasteiger charge is 2.53. The number of phenolic OH excluding ortho intramolecular Hbond substituents is 1. The van der Waals surface area contributed by atoms with Gasteiger partial charge in [0.1, 0.15) is 5.75 Å². The van der Waals surface area contributed by atoms with Gasteiger partial charge in [-0.05, 0) is 68.0 Å². The van der Waals surface area contributed by atoms with E-state index in [4.69, 9.17) is 0 Å². The molecule has 1 aliphatic heterocycles. The molecule has 1 unspecified atom stereocenters. The van der Waals surface area contributed by atoms with Crippen LogP contribution in [-0.4, -0.2) is 29.1 Å². The minimum Gasteiger partial charge on any atom is -0.508 e. The molecule has 2 aliphatic carbocycles. The summed E-state index contributed by atoms with van der Waals surface area (Å²) in [6, 6.07) is 6.89. The van der Waals surface area contributed by atoms with Crippen LogP contribution < -0.4 is 0 Å².